The van der Waals surface area contributed by atoms with Crippen molar-refractivity contribution in [2.45, 2.75) is 38.1 Å². The molecule has 7 heteroatoms. The number of carbonyl (C=O) groups is 2. The number of aliphatic hydroxyl groups is 2. The molecular weight excluding hydrogens is 340 g/mol. The maximum absolute atomic E-state index is 12.4. The molecule has 0 saturated heterocycles. The van der Waals surface area contributed by atoms with Gasteiger partial charge in [-0.25, -0.2) is 4.79 Å². The largest absolute Gasteiger partial charge is 0.507 e. The summed E-state index contributed by atoms with van der Waals surface area (Å²) in [5, 5.41) is 30.0. The van der Waals surface area contributed by atoms with Crippen molar-refractivity contribution in [2.75, 3.05) is 7.11 Å². The number of cyclic esters (lactones) is 1. The van der Waals surface area contributed by atoms with E-state index in [1.54, 1.807) is 6.92 Å². The van der Waals surface area contributed by atoms with Gasteiger partial charge < -0.3 is 24.8 Å². The number of aromatic hydroxyl groups is 1. The molecule has 1 aromatic carbocycles. The van der Waals surface area contributed by atoms with Crippen molar-refractivity contribution < 1.29 is 34.4 Å². The van der Waals surface area contributed by atoms with E-state index in [0.717, 1.165) is 6.08 Å². The van der Waals surface area contributed by atoms with Crippen LogP contribution >= 0.6 is 0 Å². The predicted octanol–water partition coefficient (Wildman–Crippen LogP) is 1.60. The first-order chi connectivity index (χ1) is 12.3. The van der Waals surface area contributed by atoms with E-state index >= 15 is 0 Å². The third-order valence-electron chi connectivity index (χ3n) is 3.95. The van der Waals surface area contributed by atoms with Crippen LogP contribution in [0.3, 0.4) is 0 Å². The second-order valence-corrected chi connectivity index (χ2v) is 6.02. The average Bonchev–Trinajstić information content (AvgIpc) is 2.59. The van der Waals surface area contributed by atoms with Crippen molar-refractivity contribution in [3.63, 3.8) is 0 Å². The first kappa shape index (κ1) is 19.7. The van der Waals surface area contributed by atoms with E-state index in [2.05, 4.69) is 0 Å². The highest BCUT2D eigenvalue weighted by molar-refractivity contribution is 5.97. The minimum atomic E-state index is -1.55. The lowest BCUT2D eigenvalue weighted by Crippen LogP contribution is -2.32. The highest BCUT2D eigenvalue weighted by Gasteiger charge is 2.23. The molecule has 3 N–H and O–H groups in total. The van der Waals surface area contributed by atoms with Gasteiger partial charge in [-0.3, -0.25) is 4.79 Å². The number of phenolic OH excluding ortho intramolecular Hbond substituents is 1. The first-order valence-electron chi connectivity index (χ1n) is 8.18. The maximum Gasteiger partial charge on any atom is 0.342 e. The summed E-state index contributed by atoms with van der Waals surface area (Å²) in [5.74, 6) is -1.29. The number of benzene rings is 1. The summed E-state index contributed by atoms with van der Waals surface area (Å²) in [7, 11) is 1.42. The molecule has 0 spiro atoms. The van der Waals surface area contributed by atoms with Gasteiger partial charge in [-0.05, 0) is 31.1 Å². The van der Waals surface area contributed by atoms with Gasteiger partial charge in [0.1, 0.15) is 29.3 Å². The van der Waals surface area contributed by atoms with Crippen molar-refractivity contribution in [2.24, 2.45) is 0 Å². The van der Waals surface area contributed by atoms with Crippen molar-refractivity contribution in [3.8, 4) is 11.5 Å². The third kappa shape index (κ3) is 4.71. The summed E-state index contributed by atoms with van der Waals surface area (Å²) in [6, 6.07) is 2.84. The van der Waals surface area contributed by atoms with Crippen LogP contribution in [0.1, 0.15) is 35.7 Å². The van der Waals surface area contributed by atoms with Crippen LogP contribution in [0.25, 0.3) is 6.08 Å². The fourth-order valence-electron chi connectivity index (χ4n) is 2.51. The molecule has 140 valence electrons. The van der Waals surface area contributed by atoms with E-state index in [1.807, 2.05) is 0 Å². The first-order valence-corrected chi connectivity index (χ1v) is 8.18. The molecule has 0 fully saturated rings. The number of esters is 1. The van der Waals surface area contributed by atoms with Crippen LogP contribution in [0.2, 0.25) is 0 Å². The van der Waals surface area contributed by atoms with Gasteiger partial charge in [-0.1, -0.05) is 18.2 Å². The van der Waals surface area contributed by atoms with E-state index in [-0.39, 0.29) is 24.2 Å². The van der Waals surface area contributed by atoms with Gasteiger partial charge in [-0.15, -0.1) is 0 Å². The number of ketones is 1. The zero-order valence-corrected chi connectivity index (χ0v) is 14.6. The highest BCUT2D eigenvalue weighted by Crippen LogP contribution is 2.30. The maximum atomic E-state index is 12.4. The van der Waals surface area contributed by atoms with E-state index in [1.165, 1.54) is 37.5 Å². The fraction of sp³-hybridized carbons (Fsp3) is 0.368. The normalized spacial score (nSPS) is 24.5. The van der Waals surface area contributed by atoms with E-state index in [9.17, 15) is 24.9 Å². The van der Waals surface area contributed by atoms with Crippen LogP contribution in [-0.2, 0) is 9.53 Å². The molecule has 0 radical (unpaired) electrons. The Hall–Kier alpha value is -2.64. The smallest absolute Gasteiger partial charge is 0.342 e. The highest BCUT2D eigenvalue weighted by atomic mass is 16.5. The van der Waals surface area contributed by atoms with Gasteiger partial charge in [-0.2, -0.15) is 0 Å². The minimum absolute atomic E-state index is 0.0242. The molecule has 0 aliphatic carbocycles. The van der Waals surface area contributed by atoms with Crippen molar-refractivity contribution in [1.29, 1.82) is 0 Å². The molecule has 7 nitrogen and oxygen atoms in total. The molecule has 26 heavy (non-hydrogen) atoms. The Morgan fingerprint density at radius 1 is 1.12 bits per heavy atom. The lowest BCUT2D eigenvalue weighted by molar-refractivity contribution is -0.127. The molecule has 1 aliphatic rings. The third-order valence-corrected chi connectivity index (χ3v) is 3.95. The number of phenols is 1. The number of rotatable bonds is 1. The molecule has 1 aliphatic heterocycles. The van der Waals surface area contributed by atoms with Gasteiger partial charge in [0, 0.05) is 12.5 Å². The summed E-state index contributed by atoms with van der Waals surface area (Å²) >= 11 is 0. The number of methoxy groups -OCH3 is 1. The van der Waals surface area contributed by atoms with Gasteiger partial charge >= 0.3 is 5.97 Å². The second-order valence-electron chi connectivity index (χ2n) is 6.02. The van der Waals surface area contributed by atoms with Gasteiger partial charge in [0.25, 0.3) is 0 Å². The molecule has 0 unspecified atom stereocenters. The molecule has 1 heterocycles. The molecule has 1 aromatic rings. The summed E-state index contributed by atoms with van der Waals surface area (Å²) in [4.78, 5) is 24.3. The van der Waals surface area contributed by atoms with Gasteiger partial charge in [0.2, 0.25) is 0 Å². The number of carbonyl (C=O) groups excluding carboxylic acids is 2. The molecule has 0 amide bonds. The van der Waals surface area contributed by atoms with Crippen LogP contribution in [-0.4, -0.2) is 52.5 Å². The SMILES string of the molecule is COc1cc(O)c2c(c1)C=CC[C@H](O)[C@H](O)C(=O)C=CC[C@H](C)OC2=O. The predicted molar refractivity (Wildman–Crippen MR) is 94.0 cm³/mol. The molecule has 0 aromatic heterocycles. The Morgan fingerprint density at radius 3 is 2.50 bits per heavy atom. The van der Waals surface area contributed by atoms with E-state index < -0.39 is 30.1 Å². The Labute approximate surface area is 151 Å². The topological polar surface area (TPSA) is 113 Å². The zero-order valence-electron chi connectivity index (χ0n) is 14.6. The van der Waals surface area contributed by atoms with Gasteiger partial charge in [0.15, 0.2) is 5.78 Å². The van der Waals surface area contributed by atoms with Crippen molar-refractivity contribution in [3.05, 3.63) is 41.5 Å². The summed E-state index contributed by atoms with van der Waals surface area (Å²) in [6.07, 6.45) is 2.42. The second kappa shape index (κ2) is 8.64. The molecule has 2 rings (SSSR count). The quantitative estimate of drug-likeness (QED) is 0.650. The van der Waals surface area contributed by atoms with Crippen LogP contribution in [0.5, 0.6) is 11.5 Å². The van der Waals surface area contributed by atoms with Crippen molar-refractivity contribution in [1.82, 2.24) is 0 Å². The Morgan fingerprint density at radius 2 is 1.81 bits per heavy atom. The number of hydrogen-bond donors (Lipinski definition) is 3. The number of hydrogen-bond acceptors (Lipinski definition) is 7. The lowest BCUT2D eigenvalue weighted by atomic mass is 10.0. The standard InChI is InChI=1S/C19H22O7/c1-11-5-3-7-14(20)18(23)15(21)8-4-6-12-9-13(25-2)10-16(22)17(12)19(24)26-11/h3-4,6-7,9-11,15,18,21-23H,5,8H2,1-2H3/t11-,15-,18+/m0/s1. The molecule has 3 atom stereocenters. The van der Waals surface area contributed by atoms with Crippen LogP contribution in [0, 0.1) is 0 Å². The van der Waals surface area contributed by atoms with Crippen LogP contribution < -0.4 is 4.74 Å². The Kier molecular flexibility index (Phi) is 6.54. The molecular formula is C19H22O7. The zero-order chi connectivity index (χ0) is 19.3. The van der Waals surface area contributed by atoms with E-state index in [4.69, 9.17) is 9.47 Å². The summed E-state index contributed by atoms with van der Waals surface area (Å²) < 4.78 is 10.4. The lowest BCUT2D eigenvalue weighted by Gasteiger charge is -2.16. The summed E-state index contributed by atoms with van der Waals surface area (Å²) in [5.41, 5.74) is 0.306. The Bertz CT molecular complexity index is 736. The number of ether oxygens (including phenoxy) is 2. The van der Waals surface area contributed by atoms with Crippen LogP contribution in [0.4, 0.5) is 0 Å². The average molecular weight is 362 g/mol. The molecule has 0 bridgehead atoms. The molecule has 0 saturated carbocycles. The van der Waals surface area contributed by atoms with Crippen molar-refractivity contribution >= 4 is 17.8 Å². The number of aliphatic hydroxyl groups excluding tert-OH is 2. The monoisotopic (exact) mass is 362 g/mol. The minimum Gasteiger partial charge on any atom is -0.507 e. The fourth-order valence-corrected chi connectivity index (χ4v) is 2.51. The summed E-state index contributed by atoms with van der Waals surface area (Å²) in [6.45, 7) is 1.64. The van der Waals surface area contributed by atoms with Crippen LogP contribution in [0.15, 0.2) is 30.4 Å². The van der Waals surface area contributed by atoms with E-state index in [0.29, 0.717) is 11.3 Å². The number of fused-ring (bicyclic) bond motifs is 1. The van der Waals surface area contributed by atoms with Gasteiger partial charge in [0.05, 0.1) is 13.2 Å². The Balaban J connectivity index is 2.45.